The van der Waals surface area contributed by atoms with E-state index in [9.17, 15) is 17.6 Å². The van der Waals surface area contributed by atoms with Crippen LogP contribution in [-0.4, -0.2) is 20.2 Å². The van der Waals surface area contributed by atoms with Crippen LogP contribution in [0.2, 0.25) is 0 Å². The summed E-state index contributed by atoms with van der Waals surface area (Å²) in [7, 11) is 4.24. The van der Waals surface area contributed by atoms with Gasteiger partial charge in [-0.2, -0.15) is 21.9 Å². The number of hydrogen-bond donors (Lipinski definition) is 1. The number of hydrogen-bond acceptors (Lipinski definition) is 0. The van der Waals surface area contributed by atoms with Gasteiger partial charge in [0, 0.05) is 0 Å². The van der Waals surface area contributed by atoms with Crippen LogP contribution < -0.4 is 26.8 Å². The van der Waals surface area contributed by atoms with E-state index in [0.717, 1.165) is 21.9 Å². The van der Waals surface area contributed by atoms with E-state index in [1.807, 2.05) is 6.07 Å². The maximum atomic E-state index is 13.7. The van der Waals surface area contributed by atoms with E-state index < -0.39 is 29.4 Å². The Bertz CT molecular complexity index is 1250. The molecule has 5 aromatic rings. The summed E-state index contributed by atoms with van der Waals surface area (Å²) in [6.45, 7) is 0. The zero-order valence-electron chi connectivity index (χ0n) is 21.2. The molecule has 38 heavy (non-hydrogen) atoms. The molecular formula is C32H28BF4N. The molecule has 0 unspecified atom stereocenters. The van der Waals surface area contributed by atoms with Crippen LogP contribution in [0, 0.1) is 23.3 Å². The van der Waals surface area contributed by atoms with Crippen LogP contribution >= 0.6 is 0 Å². The second-order valence-corrected chi connectivity index (χ2v) is 9.44. The first-order valence-corrected chi connectivity index (χ1v) is 12.4. The first-order valence-electron chi connectivity index (χ1n) is 12.4. The molecule has 0 aliphatic rings. The fraction of sp³-hybridized carbons (Fsp3) is 0.0625. The van der Waals surface area contributed by atoms with Crippen LogP contribution in [0.4, 0.5) is 23.2 Å². The second-order valence-electron chi connectivity index (χ2n) is 9.44. The zero-order chi connectivity index (χ0) is 27.1. The molecule has 0 aliphatic carbocycles. The molecule has 1 nitrogen and oxygen atoms in total. The average molecular weight is 513 g/mol. The third kappa shape index (κ3) is 5.87. The summed E-state index contributed by atoms with van der Waals surface area (Å²) in [5, 5.41) is 0. The monoisotopic (exact) mass is 513 g/mol. The number of quaternary nitrogens is 1. The quantitative estimate of drug-likeness (QED) is 0.267. The largest absolute Gasteiger partial charge is 0.307 e. The van der Waals surface area contributed by atoms with E-state index in [4.69, 9.17) is 0 Å². The van der Waals surface area contributed by atoms with Crippen LogP contribution in [0.25, 0.3) is 0 Å². The highest BCUT2D eigenvalue weighted by Crippen LogP contribution is 2.12. The van der Waals surface area contributed by atoms with Crippen molar-refractivity contribution in [2.24, 2.45) is 0 Å². The van der Waals surface area contributed by atoms with Crippen molar-refractivity contribution in [2.45, 2.75) is 0 Å². The molecule has 1 N–H and O–H groups in total. The number of nitrogens with one attached hydrogen (secondary N) is 1. The minimum atomic E-state index is -1.94. The van der Waals surface area contributed by atoms with Crippen molar-refractivity contribution in [3.63, 3.8) is 0 Å². The summed E-state index contributed by atoms with van der Waals surface area (Å²) in [6.07, 6.45) is -1.94. The predicted molar refractivity (Wildman–Crippen MR) is 149 cm³/mol. The normalized spacial score (nSPS) is 11.1. The van der Waals surface area contributed by atoms with Crippen molar-refractivity contribution in [3.8, 4) is 0 Å². The molecule has 0 saturated heterocycles. The number of rotatable bonds is 5. The molecule has 5 aromatic carbocycles. The molecule has 0 radical (unpaired) electrons. The van der Waals surface area contributed by atoms with Gasteiger partial charge in [0.25, 0.3) is 0 Å². The van der Waals surface area contributed by atoms with Gasteiger partial charge >= 0.3 is 0 Å². The molecule has 0 fully saturated rings. The van der Waals surface area contributed by atoms with Gasteiger partial charge in [0.2, 0.25) is 0 Å². The Kier molecular flexibility index (Phi) is 8.44. The van der Waals surface area contributed by atoms with E-state index in [1.165, 1.54) is 59.1 Å². The molecule has 0 heterocycles. The molecular weight excluding hydrogens is 485 g/mol. The molecule has 0 amide bonds. The van der Waals surface area contributed by atoms with Crippen molar-refractivity contribution in [2.75, 3.05) is 14.1 Å². The summed E-state index contributed by atoms with van der Waals surface area (Å²) in [4.78, 5) is 1.37. The van der Waals surface area contributed by atoms with Gasteiger partial charge in [-0.25, -0.2) is 17.6 Å². The van der Waals surface area contributed by atoms with Gasteiger partial charge in [0.1, 0.15) is 35.1 Å². The minimum Gasteiger partial charge on any atom is -0.307 e. The molecule has 0 bridgehead atoms. The summed E-state index contributed by atoms with van der Waals surface area (Å²) in [5.74, 6) is -1.57. The predicted octanol–water partition coefficient (Wildman–Crippen LogP) is 4.08. The van der Waals surface area contributed by atoms with Gasteiger partial charge in [0.05, 0.1) is 14.1 Å². The van der Waals surface area contributed by atoms with E-state index in [1.54, 1.807) is 48.5 Å². The standard InChI is InChI=1S/C24H16BF4.C8H11N/c26-21-9-1-17(2-10-21)25(18-3-11-22(27)12-4-18,19-5-13-23(28)14-6-19)20-7-15-24(29)16-8-20;1-9(2)8-6-4-3-5-7-8/h1-16H;3-7H,1-2H3/q-1;/p+1. The molecule has 5 rings (SSSR count). The Hall–Kier alpha value is -4.16. The fourth-order valence-electron chi connectivity index (χ4n) is 4.93. The van der Waals surface area contributed by atoms with E-state index in [0.29, 0.717) is 0 Å². The molecule has 0 atom stereocenters. The van der Waals surface area contributed by atoms with E-state index in [-0.39, 0.29) is 0 Å². The van der Waals surface area contributed by atoms with Gasteiger partial charge in [-0.3, -0.25) is 0 Å². The van der Waals surface area contributed by atoms with Crippen LogP contribution in [0.15, 0.2) is 127 Å². The number of halogens is 4. The lowest BCUT2D eigenvalue weighted by molar-refractivity contribution is -0.786. The van der Waals surface area contributed by atoms with Crippen LogP contribution in [0.1, 0.15) is 0 Å². The SMILES string of the molecule is C[NH+](C)c1ccccc1.Fc1ccc([B-](c2ccc(F)cc2)(c2ccc(F)cc2)c2ccc(F)cc2)cc1. The summed E-state index contributed by atoms with van der Waals surface area (Å²) in [5.41, 5.74) is 4.32. The molecule has 192 valence electrons. The summed E-state index contributed by atoms with van der Waals surface area (Å²) < 4.78 is 54.8. The Balaban J connectivity index is 0.000000317. The van der Waals surface area contributed by atoms with Gasteiger partial charge in [0.15, 0.2) is 0 Å². The Morgan fingerprint density at radius 1 is 0.395 bits per heavy atom. The van der Waals surface area contributed by atoms with Crippen molar-refractivity contribution in [3.05, 3.63) is 151 Å². The summed E-state index contributed by atoms with van der Waals surface area (Å²) in [6, 6.07) is 34.5. The highest BCUT2D eigenvalue weighted by Gasteiger charge is 2.32. The van der Waals surface area contributed by atoms with Gasteiger partial charge in [-0.15, -0.1) is 0 Å². The molecule has 0 aromatic heterocycles. The van der Waals surface area contributed by atoms with Crippen molar-refractivity contribution >= 4 is 33.7 Å². The van der Waals surface area contributed by atoms with Gasteiger partial charge in [-0.05, 0) is 60.7 Å². The number of para-hydroxylation sites is 1. The highest BCUT2D eigenvalue weighted by molar-refractivity contribution is 7.19. The Morgan fingerprint density at radius 3 is 0.868 bits per heavy atom. The van der Waals surface area contributed by atoms with E-state index in [2.05, 4.69) is 38.4 Å². The van der Waals surface area contributed by atoms with Crippen LogP contribution in [0.5, 0.6) is 0 Å². The smallest absolute Gasteiger partial charge is 0.130 e. The maximum Gasteiger partial charge on any atom is 0.130 e. The van der Waals surface area contributed by atoms with Crippen molar-refractivity contribution < 1.29 is 22.5 Å². The van der Waals surface area contributed by atoms with E-state index >= 15 is 0 Å². The molecule has 0 aliphatic heterocycles. The highest BCUT2D eigenvalue weighted by atomic mass is 19.1. The van der Waals surface area contributed by atoms with Crippen LogP contribution in [-0.2, 0) is 0 Å². The number of benzene rings is 5. The topological polar surface area (TPSA) is 4.44 Å². The summed E-state index contributed by atoms with van der Waals surface area (Å²) >= 11 is 0. The lowest BCUT2D eigenvalue weighted by atomic mass is 9.13. The third-order valence-corrected chi connectivity index (χ3v) is 6.83. The molecule has 6 heteroatoms. The third-order valence-electron chi connectivity index (χ3n) is 6.83. The Labute approximate surface area is 220 Å². The lowest BCUT2D eigenvalue weighted by Gasteiger charge is -2.44. The molecule has 0 spiro atoms. The lowest BCUT2D eigenvalue weighted by Crippen LogP contribution is -3.00. The van der Waals surface area contributed by atoms with Crippen molar-refractivity contribution in [1.29, 1.82) is 0 Å². The maximum absolute atomic E-state index is 13.7. The first kappa shape index (κ1) is 26.9. The van der Waals surface area contributed by atoms with Gasteiger partial charge in [-0.1, -0.05) is 66.7 Å². The zero-order valence-corrected chi connectivity index (χ0v) is 21.2. The first-order chi connectivity index (χ1) is 18.3. The Morgan fingerprint density at radius 2 is 0.658 bits per heavy atom. The molecule has 0 saturated carbocycles. The fourth-order valence-corrected chi connectivity index (χ4v) is 4.93. The van der Waals surface area contributed by atoms with Gasteiger partial charge < -0.3 is 4.90 Å². The van der Waals surface area contributed by atoms with Crippen molar-refractivity contribution in [1.82, 2.24) is 0 Å². The van der Waals surface area contributed by atoms with Crippen LogP contribution in [0.3, 0.4) is 0 Å². The average Bonchev–Trinajstić information content (AvgIpc) is 2.93. The minimum absolute atomic E-state index is 0.393. The second kappa shape index (κ2) is 11.9.